The third-order valence-corrected chi connectivity index (χ3v) is 3.63. The number of methoxy groups -OCH3 is 2. The van der Waals surface area contributed by atoms with Gasteiger partial charge in [0.1, 0.15) is 11.5 Å². The molecule has 0 spiro atoms. The van der Waals surface area contributed by atoms with Gasteiger partial charge in [0.2, 0.25) is 12.4 Å². The van der Waals surface area contributed by atoms with Crippen LogP contribution in [0.1, 0.15) is 22.8 Å². The molecule has 0 aromatic heterocycles. The molecule has 0 bridgehead atoms. The van der Waals surface area contributed by atoms with E-state index >= 15 is 0 Å². The van der Waals surface area contributed by atoms with Gasteiger partial charge in [0, 0.05) is 5.56 Å². The van der Waals surface area contributed by atoms with Crippen molar-refractivity contribution in [1.29, 1.82) is 0 Å². The van der Waals surface area contributed by atoms with Crippen LogP contribution >= 0.6 is 0 Å². The number of oxime groups is 1. The predicted molar refractivity (Wildman–Crippen MR) is 99.4 cm³/mol. The van der Waals surface area contributed by atoms with Gasteiger partial charge in [0.05, 0.1) is 20.4 Å². The molecule has 0 saturated carbocycles. The smallest absolute Gasteiger partial charge is 0.347 e. The molecule has 7 heteroatoms. The molecular weight excluding hydrogens is 350 g/mol. The second-order valence-corrected chi connectivity index (χ2v) is 5.51. The van der Waals surface area contributed by atoms with Crippen LogP contribution in [0.3, 0.4) is 0 Å². The number of esters is 1. The van der Waals surface area contributed by atoms with Gasteiger partial charge in [-0.3, -0.25) is 4.79 Å². The highest BCUT2D eigenvalue weighted by Crippen LogP contribution is 2.14. The van der Waals surface area contributed by atoms with Crippen molar-refractivity contribution in [3.05, 3.63) is 59.7 Å². The van der Waals surface area contributed by atoms with Crippen molar-refractivity contribution in [2.45, 2.75) is 13.0 Å². The number of carbonyl (C=O) groups excluding carboxylic acids is 2. The lowest BCUT2D eigenvalue weighted by Crippen LogP contribution is -2.26. The molecule has 7 nitrogen and oxygen atoms in total. The van der Waals surface area contributed by atoms with Crippen LogP contribution in [0.4, 0.5) is 0 Å². The monoisotopic (exact) mass is 371 g/mol. The van der Waals surface area contributed by atoms with Crippen molar-refractivity contribution in [3.8, 4) is 11.5 Å². The van der Waals surface area contributed by atoms with Crippen molar-refractivity contribution >= 4 is 18.0 Å². The summed E-state index contributed by atoms with van der Waals surface area (Å²) < 4.78 is 15.2. The second kappa shape index (κ2) is 9.96. The Morgan fingerprint density at radius 2 is 1.52 bits per heavy atom. The minimum atomic E-state index is -0.930. The van der Waals surface area contributed by atoms with E-state index < -0.39 is 18.7 Å². The van der Waals surface area contributed by atoms with Gasteiger partial charge in [-0.25, -0.2) is 4.79 Å². The number of nitrogens with zero attached hydrogens (tertiary/aromatic N) is 1. The minimum Gasteiger partial charge on any atom is -0.497 e. The maximum absolute atomic E-state index is 12.2. The molecule has 0 radical (unpaired) electrons. The van der Waals surface area contributed by atoms with E-state index in [-0.39, 0.29) is 5.78 Å². The van der Waals surface area contributed by atoms with Crippen molar-refractivity contribution in [3.63, 3.8) is 0 Å². The van der Waals surface area contributed by atoms with E-state index in [1.54, 1.807) is 62.8 Å². The summed E-state index contributed by atoms with van der Waals surface area (Å²) in [5.74, 6) is 0.371. The first kappa shape index (κ1) is 20.0. The third-order valence-electron chi connectivity index (χ3n) is 3.63. The lowest BCUT2D eigenvalue weighted by atomic mass is 10.1. The second-order valence-electron chi connectivity index (χ2n) is 5.51. The molecule has 0 fully saturated rings. The zero-order valence-corrected chi connectivity index (χ0v) is 15.4. The summed E-state index contributed by atoms with van der Waals surface area (Å²) in [6.45, 7) is 1.11. The number of benzene rings is 2. The molecule has 0 aliphatic rings. The Morgan fingerprint density at radius 1 is 0.963 bits per heavy atom. The van der Waals surface area contributed by atoms with Crippen LogP contribution in [0.5, 0.6) is 11.5 Å². The fraction of sp³-hybridized carbons (Fsp3) is 0.250. The molecule has 0 heterocycles. The van der Waals surface area contributed by atoms with E-state index in [0.717, 1.165) is 11.3 Å². The first-order chi connectivity index (χ1) is 13.0. The van der Waals surface area contributed by atoms with E-state index in [0.29, 0.717) is 11.3 Å². The zero-order chi connectivity index (χ0) is 19.6. The number of ether oxygens (including phenoxy) is 3. The van der Waals surface area contributed by atoms with Gasteiger partial charge >= 0.3 is 5.97 Å². The summed E-state index contributed by atoms with van der Waals surface area (Å²) in [5.41, 5.74) is 1.21. The highest BCUT2D eigenvalue weighted by molar-refractivity contribution is 6.00. The molecule has 2 aromatic carbocycles. The first-order valence-corrected chi connectivity index (χ1v) is 8.20. The summed E-state index contributed by atoms with van der Waals surface area (Å²) in [7, 11) is 3.12. The van der Waals surface area contributed by atoms with Crippen molar-refractivity contribution in [2.75, 3.05) is 20.8 Å². The molecule has 0 aliphatic carbocycles. The maximum Gasteiger partial charge on any atom is 0.347 e. The molecule has 2 aromatic rings. The van der Waals surface area contributed by atoms with Crippen LogP contribution in [0.25, 0.3) is 0 Å². The molecule has 27 heavy (non-hydrogen) atoms. The van der Waals surface area contributed by atoms with E-state index in [1.807, 2.05) is 0 Å². The first-order valence-electron chi connectivity index (χ1n) is 8.20. The predicted octanol–water partition coefficient (Wildman–Crippen LogP) is 2.87. The van der Waals surface area contributed by atoms with Crippen LogP contribution < -0.4 is 9.47 Å². The fourth-order valence-corrected chi connectivity index (χ4v) is 2.15. The Kier molecular flexibility index (Phi) is 7.37. The average molecular weight is 371 g/mol. The average Bonchev–Trinajstić information content (AvgIpc) is 2.71. The minimum absolute atomic E-state index is 0.312. The van der Waals surface area contributed by atoms with Crippen molar-refractivity contribution in [2.24, 2.45) is 5.16 Å². The topological polar surface area (TPSA) is 83.4 Å². The summed E-state index contributed by atoms with van der Waals surface area (Å²) in [6.07, 6.45) is 0.527. The molecule has 0 amide bonds. The lowest BCUT2D eigenvalue weighted by Gasteiger charge is -2.12. The van der Waals surface area contributed by atoms with Gasteiger partial charge in [0.25, 0.3) is 0 Å². The molecule has 0 N–H and O–H groups in total. The van der Waals surface area contributed by atoms with E-state index in [2.05, 4.69) is 5.16 Å². The van der Waals surface area contributed by atoms with Gasteiger partial charge in [-0.15, -0.1) is 0 Å². The Hall–Kier alpha value is -3.35. The van der Waals surface area contributed by atoms with Crippen LogP contribution in [-0.4, -0.2) is 44.9 Å². The SMILES string of the molecule is COc1ccc(/C=N\OCC(=O)O[C@H](C)C(=O)c2ccc(OC)cc2)cc1. The van der Waals surface area contributed by atoms with E-state index in [9.17, 15) is 9.59 Å². The Labute approximate surface area is 157 Å². The number of hydrogen-bond acceptors (Lipinski definition) is 7. The number of hydrogen-bond donors (Lipinski definition) is 0. The Balaban J connectivity index is 1.78. The van der Waals surface area contributed by atoms with Gasteiger partial charge < -0.3 is 19.0 Å². The largest absolute Gasteiger partial charge is 0.497 e. The Morgan fingerprint density at radius 3 is 2.07 bits per heavy atom. The molecule has 0 saturated heterocycles. The molecule has 1 atom stereocenters. The van der Waals surface area contributed by atoms with Crippen LogP contribution in [0.15, 0.2) is 53.7 Å². The molecule has 2 rings (SSSR count). The van der Waals surface area contributed by atoms with Crippen molar-refractivity contribution in [1.82, 2.24) is 0 Å². The van der Waals surface area contributed by atoms with Crippen LogP contribution in [0.2, 0.25) is 0 Å². The van der Waals surface area contributed by atoms with Crippen molar-refractivity contribution < 1.29 is 28.6 Å². The molecule has 142 valence electrons. The number of ketones is 1. The van der Waals surface area contributed by atoms with Gasteiger partial charge in [-0.1, -0.05) is 5.16 Å². The lowest BCUT2D eigenvalue weighted by molar-refractivity contribution is -0.151. The van der Waals surface area contributed by atoms with Crippen LogP contribution in [-0.2, 0) is 14.4 Å². The maximum atomic E-state index is 12.2. The standard InChI is InChI=1S/C20H21NO6/c1-14(20(23)16-6-10-18(25-3)11-7-16)27-19(22)13-26-21-12-15-4-8-17(24-2)9-5-15/h4-12,14H,13H2,1-3H3/b21-12-/t14-/m1/s1. The molecular formula is C20H21NO6. The highest BCUT2D eigenvalue weighted by Gasteiger charge is 2.19. The number of Topliss-reactive ketones (excluding diaryl/α,β-unsaturated/α-hetero) is 1. The summed E-state index contributed by atoms with van der Waals surface area (Å²) >= 11 is 0. The summed E-state index contributed by atoms with van der Waals surface area (Å²) in [6, 6.07) is 13.7. The zero-order valence-electron chi connectivity index (χ0n) is 15.4. The normalized spacial score (nSPS) is 11.7. The quantitative estimate of drug-likeness (QED) is 0.292. The molecule has 0 aliphatic heterocycles. The van der Waals surface area contributed by atoms with Gasteiger partial charge in [0.15, 0.2) is 6.10 Å². The van der Waals surface area contributed by atoms with E-state index in [4.69, 9.17) is 19.0 Å². The Bertz CT molecular complexity index is 783. The van der Waals surface area contributed by atoms with Gasteiger partial charge in [-0.05, 0) is 61.0 Å². The summed E-state index contributed by atoms with van der Waals surface area (Å²) in [5, 5.41) is 3.70. The van der Waals surface area contributed by atoms with Crippen LogP contribution in [0, 0.1) is 0 Å². The highest BCUT2D eigenvalue weighted by atomic mass is 16.7. The fourth-order valence-electron chi connectivity index (χ4n) is 2.15. The van der Waals surface area contributed by atoms with Gasteiger partial charge in [-0.2, -0.15) is 0 Å². The van der Waals surface area contributed by atoms with E-state index in [1.165, 1.54) is 13.1 Å². The number of carbonyl (C=O) groups is 2. The number of rotatable bonds is 9. The molecule has 0 unspecified atom stereocenters. The summed E-state index contributed by atoms with van der Waals surface area (Å²) in [4.78, 5) is 28.9. The third kappa shape index (κ3) is 6.14.